The molecule has 1 unspecified atom stereocenters. The fraction of sp³-hybridized carbons (Fsp3) is 0.615. The van der Waals surface area contributed by atoms with Crippen molar-refractivity contribution >= 4 is 5.82 Å². The van der Waals surface area contributed by atoms with Gasteiger partial charge in [0.25, 0.3) is 0 Å². The van der Waals surface area contributed by atoms with Gasteiger partial charge in [0.15, 0.2) is 0 Å². The molecule has 0 aliphatic carbocycles. The monoisotopic (exact) mass is 288 g/mol. The van der Waals surface area contributed by atoms with Gasteiger partial charge in [-0.3, -0.25) is 0 Å². The van der Waals surface area contributed by atoms with E-state index in [2.05, 4.69) is 4.98 Å². The Morgan fingerprint density at radius 3 is 2.80 bits per heavy atom. The number of aromatic nitrogens is 1. The van der Waals surface area contributed by atoms with E-state index >= 15 is 0 Å². The van der Waals surface area contributed by atoms with Crippen LogP contribution in [-0.4, -0.2) is 43.5 Å². The Bertz CT molecular complexity index is 487. The maximum atomic E-state index is 12.7. The number of hydrogen-bond donors (Lipinski definition) is 0. The SMILES string of the molecule is FC(F)(F)c1cccc(N2CCOC3(CCOC3)C2)n1. The van der Waals surface area contributed by atoms with Gasteiger partial charge in [-0.1, -0.05) is 6.07 Å². The second kappa shape index (κ2) is 4.89. The fourth-order valence-electron chi connectivity index (χ4n) is 2.62. The molecule has 1 aromatic rings. The average molecular weight is 288 g/mol. The third kappa shape index (κ3) is 2.60. The molecule has 2 aliphatic rings. The molecule has 2 saturated heterocycles. The van der Waals surface area contributed by atoms with Crippen LogP contribution < -0.4 is 4.90 Å². The van der Waals surface area contributed by atoms with Crippen molar-refractivity contribution in [2.45, 2.75) is 18.2 Å². The first-order chi connectivity index (χ1) is 9.49. The first-order valence-corrected chi connectivity index (χ1v) is 6.50. The number of alkyl halides is 3. The summed E-state index contributed by atoms with van der Waals surface area (Å²) in [5, 5.41) is 0. The molecule has 3 heterocycles. The molecule has 1 spiro atoms. The lowest BCUT2D eigenvalue weighted by Crippen LogP contribution is -2.52. The van der Waals surface area contributed by atoms with Crippen LogP contribution in [0.4, 0.5) is 19.0 Å². The minimum Gasteiger partial charge on any atom is -0.378 e. The van der Waals surface area contributed by atoms with Gasteiger partial charge in [-0.15, -0.1) is 0 Å². The molecule has 1 aromatic heterocycles. The number of nitrogens with zero attached hydrogens (tertiary/aromatic N) is 2. The predicted octanol–water partition coefficient (Wildman–Crippen LogP) is 2.10. The summed E-state index contributed by atoms with van der Waals surface area (Å²) in [6, 6.07) is 3.97. The van der Waals surface area contributed by atoms with Gasteiger partial charge in [-0.05, 0) is 12.1 Å². The summed E-state index contributed by atoms with van der Waals surface area (Å²) in [7, 11) is 0. The lowest BCUT2D eigenvalue weighted by Gasteiger charge is -2.40. The molecule has 2 aliphatic heterocycles. The number of morpholine rings is 1. The van der Waals surface area contributed by atoms with Crippen molar-refractivity contribution in [1.82, 2.24) is 4.98 Å². The third-order valence-electron chi connectivity index (χ3n) is 3.66. The van der Waals surface area contributed by atoms with Gasteiger partial charge >= 0.3 is 6.18 Å². The van der Waals surface area contributed by atoms with Crippen LogP contribution in [0.25, 0.3) is 0 Å². The summed E-state index contributed by atoms with van der Waals surface area (Å²) in [5.41, 5.74) is -1.26. The summed E-state index contributed by atoms with van der Waals surface area (Å²) in [5.74, 6) is 0.342. The van der Waals surface area contributed by atoms with Crippen LogP contribution in [0.5, 0.6) is 0 Å². The lowest BCUT2D eigenvalue weighted by atomic mass is 10.0. The van der Waals surface area contributed by atoms with Gasteiger partial charge in [0.05, 0.1) is 19.8 Å². The maximum absolute atomic E-state index is 12.7. The third-order valence-corrected chi connectivity index (χ3v) is 3.66. The molecular weight excluding hydrogens is 273 g/mol. The molecule has 0 bridgehead atoms. The van der Waals surface area contributed by atoms with Crippen LogP contribution in [0.2, 0.25) is 0 Å². The highest BCUT2D eigenvalue weighted by Crippen LogP contribution is 2.32. The standard InChI is InChI=1S/C13H15F3N2O2/c14-13(15,16)10-2-1-3-11(17-10)18-5-7-20-12(8-18)4-6-19-9-12/h1-3H,4-9H2. The van der Waals surface area contributed by atoms with Crippen molar-refractivity contribution in [3.8, 4) is 0 Å². The predicted molar refractivity (Wildman–Crippen MR) is 65.6 cm³/mol. The van der Waals surface area contributed by atoms with Gasteiger partial charge in [-0.25, -0.2) is 4.98 Å². The number of halogens is 3. The Morgan fingerprint density at radius 1 is 1.25 bits per heavy atom. The van der Waals surface area contributed by atoms with E-state index in [1.807, 2.05) is 4.90 Å². The van der Waals surface area contributed by atoms with E-state index in [9.17, 15) is 13.2 Å². The molecule has 0 aromatic carbocycles. The zero-order chi connectivity index (χ0) is 14.2. The van der Waals surface area contributed by atoms with Crippen LogP contribution in [0.1, 0.15) is 12.1 Å². The van der Waals surface area contributed by atoms with Crippen LogP contribution in [0.15, 0.2) is 18.2 Å². The first-order valence-electron chi connectivity index (χ1n) is 6.50. The van der Waals surface area contributed by atoms with Gasteiger partial charge in [0.2, 0.25) is 0 Å². The van der Waals surface area contributed by atoms with Crippen molar-refractivity contribution in [3.63, 3.8) is 0 Å². The molecule has 0 N–H and O–H groups in total. The molecule has 0 radical (unpaired) electrons. The van der Waals surface area contributed by atoms with E-state index in [0.29, 0.717) is 38.7 Å². The van der Waals surface area contributed by atoms with Crippen LogP contribution in [-0.2, 0) is 15.7 Å². The van der Waals surface area contributed by atoms with E-state index in [-0.39, 0.29) is 0 Å². The molecular formula is C13H15F3N2O2. The van der Waals surface area contributed by atoms with Crippen molar-refractivity contribution in [2.24, 2.45) is 0 Å². The second-order valence-corrected chi connectivity index (χ2v) is 5.13. The molecule has 110 valence electrons. The minimum atomic E-state index is -4.42. The van der Waals surface area contributed by atoms with Crippen LogP contribution in [0.3, 0.4) is 0 Å². The normalized spacial score (nSPS) is 27.2. The smallest absolute Gasteiger partial charge is 0.378 e. The van der Waals surface area contributed by atoms with E-state index in [1.54, 1.807) is 6.07 Å². The highest BCUT2D eigenvalue weighted by atomic mass is 19.4. The average Bonchev–Trinajstić information content (AvgIpc) is 2.86. The Balaban J connectivity index is 1.82. The molecule has 0 amide bonds. The number of pyridine rings is 1. The number of anilines is 1. The molecule has 1 atom stereocenters. The van der Waals surface area contributed by atoms with Gasteiger partial charge in [-0.2, -0.15) is 13.2 Å². The summed E-state index contributed by atoms with van der Waals surface area (Å²) >= 11 is 0. The summed E-state index contributed by atoms with van der Waals surface area (Å²) in [6.45, 7) is 2.64. The molecule has 2 fully saturated rings. The highest BCUT2D eigenvalue weighted by molar-refractivity contribution is 5.41. The van der Waals surface area contributed by atoms with E-state index in [1.165, 1.54) is 6.07 Å². The molecule has 4 nitrogen and oxygen atoms in total. The topological polar surface area (TPSA) is 34.6 Å². The molecule has 7 heteroatoms. The van der Waals surface area contributed by atoms with Crippen LogP contribution in [0, 0.1) is 0 Å². The number of rotatable bonds is 1. The molecule has 3 rings (SSSR count). The van der Waals surface area contributed by atoms with E-state index in [4.69, 9.17) is 9.47 Å². The van der Waals surface area contributed by atoms with Gasteiger partial charge in [0, 0.05) is 19.6 Å². The van der Waals surface area contributed by atoms with Crippen molar-refractivity contribution in [3.05, 3.63) is 23.9 Å². The van der Waals surface area contributed by atoms with E-state index < -0.39 is 17.5 Å². The lowest BCUT2D eigenvalue weighted by molar-refractivity contribution is -0.141. The highest BCUT2D eigenvalue weighted by Gasteiger charge is 2.41. The molecule has 0 saturated carbocycles. The Morgan fingerprint density at radius 2 is 2.10 bits per heavy atom. The number of hydrogen-bond acceptors (Lipinski definition) is 4. The maximum Gasteiger partial charge on any atom is 0.433 e. The first kappa shape index (κ1) is 13.6. The Kier molecular flexibility index (Phi) is 3.33. The largest absolute Gasteiger partial charge is 0.433 e. The summed E-state index contributed by atoms with van der Waals surface area (Å²) in [6.07, 6.45) is -3.65. The minimum absolute atomic E-state index is 0.342. The van der Waals surface area contributed by atoms with Crippen molar-refractivity contribution < 1.29 is 22.6 Å². The summed E-state index contributed by atoms with van der Waals surface area (Å²) in [4.78, 5) is 5.57. The van der Waals surface area contributed by atoms with Crippen molar-refractivity contribution in [2.75, 3.05) is 37.8 Å². The van der Waals surface area contributed by atoms with Gasteiger partial charge < -0.3 is 14.4 Å². The van der Waals surface area contributed by atoms with Crippen molar-refractivity contribution in [1.29, 1.82) is 0 Å². The van der Waals surface area contributed by atoms with E-state index in [0.717, 1.165) is 12.5 Å². The number of ether oxygens (including phenoxy) is 2. The van der Waals surface area contributed by atoms with Crippen LogP contribution >= 0.6 is 0 Å². The second-order valence-electron chi connectivity index (χ2n) is 5.13. The fourth-order valence-corrected chi connectivity index (χ4v) is 2.62. The molecule has 20 heavy (non-hydrogen) atoms. The zero-order valence-corrected chi connectivity index (χ0v) is 10.8. The Labute approximate surface area is 114 Å². The summed E-state index contributed by atoms with van der Waals surface area (Å²) < 4.78 is 49.2. The zero-order valence-electron chi connectivity index (χ0n) is 10.8. The Hall–Kier alpha value is -1.34. The van der Waals surface area contributed by atoms with Gasteiger partial charge in [0.1, 0.15) is 17.1 Å². The quantitative estimate of drug-likeness (QED) is 0.792.